The van der Waals surface area contributed by atoms with Crippen LogP contribution in [0.2, 0.25) is 5.02 Å². The maximum Gasteiger partial charge on any atom is 0.275 e. The number of halogens is 1. The van der Waals surface area contributed by atoms with Crippen LogP contribution in [0.3, 0.4) is 0 Å². The van der Waals surface area contributed by atoms with E-state index in [9.17, 15) is 4.79 Å². The number of methoxy groups -OCH3 is 1. The Morgan fingerprint density at radius 3 is 2.82 bits per heavy atom. The molecule has 0 spiro atoms. The number of nitrogens with one attached hydrogen (secondary N) is 1. The molecule has 0 saturated carbocycles. The summed E-state index contributed by atoms with van der Waals surface area (Å²) in [7, 11) is 1.54. The van der Waals surface area contributed by atoms with Gasteiger partial charge in [0.1, 0.15) is 11.4 Å². The van der Waals surface area contributed by atoms with Crippen LogP contribution in [0.1, 0.15) is 10.5 Å². The number of hydrogen-bond donors (Lipinski definition) is 1. The summed E-state index contributed by atoms with van der Waals surface area (Å²) in [6, 6.07) is 8.87. The molecule has 0 aliphatic rings. The van der Waals surface area contributed by atoms with E-state index >= 15 is 0 Å². The minimum atomic E-state index is -0.282. The van der Waals surface area contributed by atoms with Crippen molar-refractivity contribution in [2.75, 3.05) is 12.4 Å². The Bertz CT molecular complexity index is 799. The van der Waals surface area contributed by atoms with Gasteiger partial charge in [0.05, 0.1) is 12.1 Å². The van der Waals surface area contributed by atoms with Gasteiger partial charge in [-0.25, -0.2) is 4.98 Å². The van der Waals surface area contributed by atoms with Crippen LogP contribution in [0.4, 0.5) is 5.69 Å². The minimum Gasteiger partial charge on any atom is -0.495 e. The average molecular weight is 334 g/mol. The Morgan fingerprint density at radius 2 is 2.14 bits per heavy atom. The fourth-order valence-corrected chi connectivity index (χ4v) is 2.92. The van der Waals surface area contributed by atoms with Crippen molar-refractivity contribution in [1.82, 2.24) is 9.55 Å². The summed E-state index contributed by atoms with van der Waals surface area (Å²) in [4.78, 5) is 16.5. The van der Waals surface area contributed by atoms with Gasteiger partial charge in [0.2, 0.25) is 0 Å². The van der Waals surface area contributed by atoms with E-state index in [1.807, 2.05) is 29.1 Å². The van der Waals surface area contributed by atoms with Crippen molar-refractivity contribution >= 4 is 34.5 Å². The lowest BCUT2D eigenvalue weighted by atomic mass is 10.3. The van der Waals surface area contributed by atoms with Crippen LogP contribution >= 0.6 is 22.9 Å². The molecule has 1 N–H and O–H groups in total. The molecule has 0 aliphatic carbocycles. The third-order valence-electron chi connectivity index (χ3n) is 2.96. The first-order valence-corrected chi connectivity index (χ1v) is 7.67. The second-order valence-corrected chi connectivity index (χ2v) is 5.65. The Hall–Kier alpha value is -2.31. The zero-order valence-electron chi connectivity index (χ0n) is 11.6. The summed E-state index contributed by atoms with van der Waals surface area (Å²) in [6.45, 7) is 0. The number of carbonyl (C=O) groups excluding carboxylic acids is 1. The smallest absolute Gasteiger partial charge is 0.275 e. The van der Waals surface area contributed by atoms with Gasteiger partial charge in [-0.05, 0) is 30.3 Å². The summed E-state index contributed by atoms with van der Waals surface area (Å²) in [5.41, 5.74) is 0.951. The fourth-order valence-electron chi connectivity index (χ4n) is 1.89. The van der Waals surface area contributed by atoms with Crippen molar-refractivity contribution in [3.63, 3.8) is 0 Å². The SMILES string of the molecule is COc1ccc(NC(=O)c2csc(-n3cccc3)n2)cc1Cl. The standard InChI is InChI=1S/C15H12ClN3O2S/c1-21-13-5-4-10(8-11(13)16)17-14(20)12-9-22-15(18-12)19-6-2-3-7-19/h2-9H,1H3,(H,17,20). The van der Waals surface area contributed by atoms with Gasteiger partial charge in [0, 0.05) is 23.5 Å². The van der Waals surface area contributed by atoms with E-state index in [4.69, 9.17) is 16.3 Å². The first-order chi connectivity index (χ1) is 10.7. The van der Waals surface area contributed by atoms with E-state index < -0.39 is 0 Å². The van der Waals surface area contributed by atoms with Gasteiger partial charge in [0.15, 0.2) is 5.13 Å². The number of benzene rings is 1. The molecule has 0 fully saturated rings. The van der Waals surface area contributed by atoms with E-state index in [2.05, 4.69) is 10.3 Å². The molecule has 0 bridgehead atoms. The average Bonchev–Trinajstić information content (AvgIpc) is 3.18. The molecule has 3 aromatic rings. The van der Waals surface area contributed by atoms with E-state index in [0.29, 0.717) is 22.2 Å². The molecule has 0 atom stereocenters. The maximum atomic E-state index is 12.2. The predicted molar refractivity (Wildman–Crippen MR) is 87.4 cm³/mol. The normalized spacial score (nSPS) is 10.5. The van der Waals surface area contributed by atoms with Crippen LogP contribution in [0.15, 0.2) is 48.1 Å². The van der Waals surface area contributed by atoms with Gasteiger partial charge in [-0.2, -0.15) is 0 Å². The predicted octanol–water partition coefficient (Wildman–Crippen LogP) is 3.85. The molecule has 22 heavy (non-hydrogen) atoms. The molecule has 112 valence electrons. The topological polar surface area (TPSA) is 56.1 Å². The highest BCUT2D eigenvalue weighted by molar-refractivity contribution is 7.12. The Labute approximate surface area is 136 Å². The summed E-state index contributed by atoms with van der Waals surface area (Å²) in [6.07, 6.45) is 3.76. The Kier molecular flexibility index (Phi) is 4.13. The molecule has 0 aliphatic heterocycles. The number of aromatic nitrogens is 2. The van der Waals surface area contributed by atoms with Crippen molar-refractivity contribution in [1.29, 1.82) is 0 Å². The number of thiazole rings is 1. The van der Waals surface area contributed by atoms with Crippen LogP contribution in [0.25, 0.3) is 5.13 Å². The number of rotatable bonds is 4. The number of hydrogen-bond acceptors (Lipinski definition) is 4. The Balaban J connectivity index is 1.76. The third kappa shape index (κ3) is 2.98. The van der Waals surface area contributed by atoms with Crippen molar-refractivity contribution < 1.29 is 9.53 Å². The molecule has 3 rings (SSSR count). The summed E-state index contributed by atoms with van der Waals surface area (Å²) >= 11 is 7.44. The van der Waals surface area contributed by atoms with Gasteiger partial charge in [-0.15, -0.1) is 11.3 Å². The molecular weight excluding hydrogens is 322 g/mol. The first kappa shape index (κ1) is 14.6. The van der Waals surface area contributed by atoms with Crippen LogP contribution in [0.5, 0.6) is 5.75 Å². The molecule has 1 aromatic carbocycles. The van der Waals surface area contributed by atoms with Crippen molar-refractivity contribution in [3.05, 3.63) is 58.8 Å². The molecule has 2 aromatic heterocycles. The summed E-state index contributed by atoms with van der Waals surface area (Å²) in [5.74, 6) is 0.277. The number of carbonyl (C=O) groups is 1. The van der Waals surface area contributed by atoms with E-state index in [1.165, 1.54) is 18.4 Å². The van der Waals surface area contributed by atoms with E-state index in [1.54, 1.807) is 23.6 Å². The summed E-state index contributed by atoms with van der Waals surface area (Å²) in [5, 5.41) is 5.66. The molecule has 0 saturated heterocycles. The molecule has 0 unspecified atom stereocenters. The molecular formula is C15H12ClN3O2S. The third-order valence-corrected chi connectivity index (χ3v) is 4.11. The van der Waals surface area contributed by atoms with Crippen molar-refractivity contribution in [2.24, 2.45) is 0 Å². The zero-order chi connectivity index (χ0) is 15.5. The number of anilines is 1. The first-order valence-electron chi connectivity index (χ1n) is 6.41. The van der Waals surface area contributed by atoms with Crippen molar-refractivity contribution in [2.45, 2.75) is 0 Å². The number of amides is 1. The van der Waals surface area contributed by atoms with E-state index in [-0.39, 0.29) is 5.91 Å². The highest BCUT2D eigenvalue weighted by Gasteiger charge is 2.12. The van der Waals surface area contributed by atoms with Crippen molar-refractivity contribution in [3.8, 4) is 10.9 Å². The van der Waals surface area contributed by atoms with Gasteiger partial charge in [-0.1, -0.05) is 11.6 Å². The van der Waals surface area contributed by atoms with Crippen LogP contribution in [-0.4, -0.2) is 22.6 Å². The quantitative estimate of drug-likeness (QED) is 0.789. The fraction of sp³-hybridized carbons (Fsp3) is 0.0667. The minimum absolute atomic E-state index is 0.282. The van der Waals surface area contributed by atoms with Gasteiger partial charge in [0.25, 0.3) is 5.91 Å². The lowest BCUT2D eigenvalue weighted by Crippen LogP contribution is -2.12. The second kappa shape index (κ2) is 6.21. The highest BCUT2D eigenvalue weighted by atomic mass is 35.5. The van der Waals surface area contributed by atoms with Gasteiger partial charge >= 0.3 is 0 Å². The second-order valence-electron chi connectivity index (χ2n) is 4.41. The molecule has 5 nitrogen and oxygen atoms in total. The summed E-state index contributed by atoms with van der Waals surface area (Å²) < 4.78 is 6.93. The molecule has 2 heterocycles. The van der Waals surface area contributed by atoms with E-state index in [0.717, 1.165) is 5.13 Å². The van der Waals surface area contributed by atoms with Gasteiger partial charge < -0.3 is 14.6 Å². The lowest BCUT2D eigenvalue weighted by molar-refractivity contribution is 0.102. The van der Waals surface area contributed by atoms with Crippen LogP contribution in [0, 0.1) is 0 Å². The largest absolute Gasteiger partial charge is 0.495 e. The maximum absolute atomic E-state index is 12.2. The monoisotopic (exact) mass is 333 g/mol. The number of nitrogens with zero attached hydrogens (tertiary/aromatic N) is 2. The van der Waals surface area contributed by atoms with Gasteiger partial charge in [-0.3, -0.25) is 4.79 Å². The van der Waals surface area contributed by atoms with Crippen LogP contribution in [-0.2, 0) is 0 Å². The molecule has 7 heteroatoms. The number of ether oxygens (including phenoxy) is 1. The molecule has 1 amide bonds. The molecule has 0 radical (unpaired) electrons. The highest BCUT2D eigenvalue weighted by Crippen LogP contribution is 2.27. The Morgan fingerprint density at radius 1 is 1.36 bits per heavy atom. The van der Waals surface area contributed by atoms with Crippen LogP contribution < -0.4 is 10.1 Å². The lowest BCUT2D eigenvalue weighted by Gasteiger charge is -2.06. The zero-order valence-corrected chi connectivity index (χ0v) is 13.2.